The summed E-state index contributed by atoms with van der Waals surface area (Å²) < 4.78 is 0. The largest absolute Gasteiger partial charge is 2.00 e. The standard InChI is InChI=1S/C5H9NO4.Mg.4H2O/c6-3(5(9)10)1-2-4(7)8;;;;;/h3H,1-2,6H2,(H,7,8)(H,9,10);;4*1H2/q;+2;;;;/p-2/t3-;;;;;/m0...../s1. The maximum atomic E-state index is 9.86. The van der Waals surface area contributed by atoms with Gasteiger partial charge in [-0.1, -0.05) is 0 Å². The molecule has 0 fully saturated rings. The van der Waals surface area contributed by atoms with Gasteiger partial charge >= 0.3 is 23.1 Å². The van der Waals surface area contributed by atoms with E-state index in [1.807, 2.05) is 0 Å². The smallest absolute Gasteiger partial charge is 0.550 e. The molecule has 15 heavy (non-hydrogen) atoms. The van der Waals surface area contributed by atoms with Gasteiger partial charge in [0.25, 0.3) is 0 Å². The molecule has 0 aromatic carbocycles. The quantitative estimate of drug-likeness (QED) is 0.471. The van der Waals surface area contributed by atoms with E-state index < -0.39 is 18.0 Å². The molecule has 10 N–H and O–H groups in total. The Morgan fingerprint density at radius 1 is 1.07 bits per heavy atom. The summed E-state index contributed by atoms with van der Waals surface area (Å²) in [6, 6.07) is -1.21. The van der Waals surface area contributed by atoms with E-state index in [1.54, 1.807) is 0 Å². The van der Waals surface area contributed by atoms with E-state index in [4.69, 9.17) is 5.73 Å². The second-order valence-electron chi connectivity index (χ2n) is 1.84. The molecule has 10 heteroatoms. The fourth-order valence-corrected chi connectivity index (χ4v) is 0.391. The predicted molar refractivity (Wildman–Crippen MR) is 47.4 cm³/mol. The molecular formula is C5H15MgNO8. The molecule has 0 bridgehead atoms. The molecule has 0 aromatic heterocycles. The van der Waals surface area contributed by atoms with Gasteiger partial charge < -0.3 is 47.4 Å². The van der Waals surface area contributed by atoms with Crippen LogP contribution in [-0.4, -0.2) is 62.9 Å². The first kappa shape index (κ1) is 36.6. The first-order valence-corrected chi connectivity index (χ1v) is 2.70. The van der Waals surface area contributed by atoms with Crippen molar-refractivity contribution >= 4 is 35.0 Å². The molecule has 0 saturated heterocycles. The van der Waals surface area contributed by atoms with Crippen LogP contribution in [0.5, 0.6) is 0 Å². The van der Waals surface area contributed by atoms with Gasteiger partial charge in [-0.15, -0.1) is 0 Å². The number of aliphatic carboxylic acids is 2. The van der Waals surface area contributed by atoms with Crippen molar-refractivity contribution in [1.82, 2.24) is 0 Å². The molecular weight excluding hydrogens is 226 g/mol. The van der Waals surface area contributed by atoms with E-state index in [0.29, 0.717) is 0 Å². The Morgan fingerprint density at radius 2 is 1.40 bits per heavy atom. The molecule has 9 nitrogen and oxygen atoms in total. The van der Waals surface area contributed by atoms with Crippen molar-refractivity contribution in [2.75, 3.05) is 0 Å². The molecule has 1 atom stereocenters. The Morgan fingerprint density at radius 3 is 1.60 bits per heavy atom. The minimum Gasteiger partial charge on any atom is -0.550 e. The van der Waals surface area contributed by atoms with Gasteiger partial charge in [0.15, 0.2) is 0 Å². The zero-order valence-corrected chi connectivity index (χ0v) is 9.32. The number of carboxylic acid groups (broad SMARTS) is 2. The van der Waals surface area contributed by atoms with E-state index in [9.17, 15) is 19.8 Å². The molecule has 0 radical (unpaired) electrons. The van der Waals surface area contributed by atoms with E-state index >= 15 is 0 Å². The van der Waals surface area contributed by atoms with Crippen LogP contribution in [0.25, 0.3) is 0 Å². The van der Waals surface area contributed by atoms with Crippen LogP contribution in [-0.2, 0) is 9.59 Å². The molecule has 0 aromatic rings. The van der Waals surface area contributed by atoms with Crippen LogP contribution in [0.15, 0.2) is 0 Å². The normalized spacial score (nSPS) is 8.33. The maximum absolute atomic E-state index is 9.86. The van der Waals surface area contributed by atoms with Gasteiger partial charge in [0.2, 0.25) is 0 Å². The van der Waals surface area contributed by atoms with Gasteiger partial charge in [0, 0.05) is 12.0 Å². The summed E-state index contributed by atoms with van der Waals surface area (Å²) in [6.07, 6.45) is -0.500. The second kappa shape index (κ2) is 19.1. The maximum Gasteiger partial charge on any atom is 2.00 e. The summed E-state index contributed by atoms with van der Waals surface area (Å²) in [5, 5.41) is 19.6. The molecule has 0 saturated carbocycles. The van der Waals surface area contributed by atoms with Crippen LogP contribution in [0.3, 0.4) is 0 Å². The number of carbonyl (C=O) groups is 2. The van der Waals surface area contributed by atoms with Crippen LogP contribution in [0.1, 0.15) is 12.8 Å². The summed E-state index contributed by atoms with van der Waals surface area (Å²) in [5.74, 6) is -2.75. The van der Waals surface area contributed by atoms with Gasteiger partial charge in [0.1, 0.15) is 0 Å². The summed E-state index contributed by atoms with van der Waals surface area (Å²) in [7, 11) is 0. The van der Waals surface area contributed by atoms with E-state index in [-0.39, 0.29) is 57.8 Å². The zero-order valence-electron chi connectivity index (χ0n) is 7.91. The number of nitrogens with two attached hydrogens (primary N) is 1. The Balaban J connectivity index is -0.0000000405. The number of hydrogen-bond donors (Lipinski definition) is 1. The Kier molecular flexibility index (Phi) is 46.7. The third-order valence-corrected chi connectivity index (χ3v) is 0.962. The Bertz CT molecular complexity index is 154. The first-order valence-electron chi connectivity index (χ1n) is 2.70. The molecule has 0 aliphatic carbocycles. The van der Waals surface area contributed by atoms with Crippen LogP contribution >= 0.6 is 0 Å². The average Bonchev–Trinajstić information content (AvgIpc) is 1.82. The van der Waals surface area contributed by atoms with Crippen LogP contribution in [0.2, 0.25) is 0 Å². The Hall–Kier alpha value is -0.494. The van der Waals surface area contributed by atoms with E-state index in [1.165, 1.54) is 0 Å². The molecule has 0 aliphatic heterocycles. The fourth-order valence-electron chi connectivity index (χ4n) is 0.391. The molecule has 0 heterocycles. The predicted octanol–water partition coefficient (Wildman–Crippen LogP) is -7.09. The van der Waals surface area contributed by atoms with Crippen LogP contribution < -0.4 is 15.9 Å². The fraction of sp³-hybridized carbons (Fsp3) is 0.600. The van der Waals surface area contributed by atoms with Crippen molar-refractivity contribution in [1.29, 1.82) is 0 Å². The number of hydrogen-bond acceptors (Lipinski definition) is 5. The molecule has 0 amide bonds. The number of rotatable bonds is 4. The number of carbonyl (C=O) groups excluding carboxylic acids is 2. The average molecular weight is 241 g/mol. The third-order valence-electron chi connectivity index (χ3n) is 0.962. The van der Waals surface area contributed by atoms with Crippen LogP contribution in [0, 0.1) is 0 Å². The topological polar surface area (TPSA) is 232 Å². The van der Waals surface area contributed by atoms with Gasteiger partial charge in [-0.2, -0.15) is 0 Å². The molecule has 0 rings (SSSR count). The first-order chi connectivity index (χ1) is 4.54. The van der Waals surface area contributed by atoms with Crippen molar-refractivity contribution in [3.8, 4) is 0 Å². The van der Waals surface area contributed by atoms with Gasteiger partial charge in [-0.3, -0.25) is 0 Å². The summed E-state index contributed by atoms with van der Waals surface area (Å²) >= 11 is 0. The molecule has 0 unspecified atom stereocenters. The van der Waals surface area contributed by atoms with Crippen molar-refractivity contribution in [2.24, 2.45) is 5.73 Å². The van der Waals surface area contributed by atoms with Crippen molar-refractivity contribution in [3.63, 3.8) is 0 Å². The third kappa shape index (κ3) is 24.7. The van der Waals surface area contributed by atoms with Gasteiger partial charge in [-0.05, 0) is 12.8 Å². The minimum atomic E-state index is -1.44. The summed E-state index contributed by atoms with van der Waals surface area (Å²) in [4.78, 5) is 19.6. The Labute approximate surface area is 102 Å². The second-order valence-corrected chi connectivity index (χ2v) is 1.84. The van der Waals surface area contributed by atoms with Crippen molar-refractivity contribution < 1.29 is 41.7 Å². The molecule has 90 valence electrons. The molecule has 0 aliphatic rings. The van der Waals surface area contributed by atoms with Crippen molar-refractivity contribution in [2.45, 2.75) is 18.9 Å². The van der Waals surface area contributed by atoms with E-state index in [2.05, 4.69) is 0 Å². The monoisotopic (exact) mass is 241 g/mol. The summed E-state index contributed by atoms with van der Waals surface area (Å²) in [6.45, 7) is 0. The SMILES string of the molecule is N[C@@H](CCC(=O)[O-])C(=O)[O-].O.O.O.O.[Mg+2]. The number of carboxylic acids is 2. The zero-order chi connectivity index (χ0) is 8.15. The van der Waals surface area contributed by atoms with Gasteiger partial charge in [0.05, 0.1) is 5.97 Å². The molecule has 0 spiro atoms. The van der Waals surface area contributed by atoms with Crippen LogP contribution in [0.4, 0.5) is 0 Å². The van der Waals surface area contributed by atoms with E-state index in [0.717, 1.165) is 0 Å². The van der Waals surface area contributed by atoms with Crippen molar-refractivity contribution in [3.05, 3.63) is 0 Å². The summed E-state index contributed by atoms with van der Waals surface area (Å²) in [5.41, 5.74) is 4.91. The minimum absolute atomic E-state index is 0. The van der Waals surface area contributed by atoms with Gasteiger partial charge in [-0.25, -0.2) is 0 Å².